The molecule has 0 aliphatic carbocycles. The van der Waals surface area contributed by atoms with E-state index in [1.54, 1.807) is 16.5 Å². The maximum atomic E-state index is 13.1. The highest BCUT2D eigenvalue weighted by Crippen LogP contribution is 2.33. The van der Waals surface area contributed by atoms with Crippen LogP contribution in [0.4, 0.5) is 0 Å². The Morgan fingerprint density at radius 2 is 1.97 bits per heavy atom. The van der Waals surface area contributed by atoms with Gasteiger partial charge in [0.25, 0.3) is 5.91 Å². The van der Waals surface area contributed by atoms with E-state index in [-0.39, 0.29) is 34.3 Å². The van der Waals surface area contributed by atoms with Crippen molar-refractivity contribution in [3.8, 4) is 0 Å². The standard InChI is InChI=1S/C26H32Cl2N6O2/c1-7-22(35)34-12-14(2)20(13-34)29-25(36)23-24(28)30-21(33(23)6)9-8-18-15-10-16(26(3,4)5)17(27)11-19(15)32-31-18/h7,10-11,14,20H,1,8-9,12-13H2,2-6H3,(H,29,36)(H,31,32)/t14-,20+/m1/s1. The van der Waals surface area contributed by atoms with Crippen LogP contribution in [0.3, 0.4) is 0 Å². The molecule has 0 spiro atoms. The molecule has 4 rings (SSSR count). The number of nitrogens with one attached hydrogen (secondary N) is 2. The maximum absolute atomic E-state index is 13.1. The predicted octanol–water partition coefficient (Wildman–Crippen LogP) is 4.45. The minimum atomic E-state index is -0.303. The van der Waals surface area contributed by atoms with E-state index in [0.717, 1.165) is 22.2 Å². The maximum Gasteiger partial charge on any atom is 0.271 e. The molecule has 192 valence electrons. The molecular weight excluding hydrogens is 499 g/mol. The van der Waals surface area contributed by atoms with Gasteiger partial charge in [-0.2, -0.15) is 5.10 Å². The van der Waals surface area contributed by atoms with Crippen molar-refractivity contribution >= 4 is 45.9 Å². The molecule has 1 saturated heterocycles. The Bertz CT molecular complexity index is 1340. The van der Waals surface area contributed by atoms with Crippen molar-refractivity contribution in [3.63, 3.8) is 0 Å². The molecule has 36 heavy (non-hydrogen) atoms. The smallest absolute Gasteiger partial charge is 0.271 e. The number of rotatable bonds is 6. The molecular formula is C26H32Cl2N6O2. The third-order valence-corrected chi connectivity index (χ3v) is 7.48. The summed E-state index contributed by atoms with van der Waals surface area (Å²) in [5.74, 6) is 0.371. The molecule has 0 saturated carbocycles. The van der Waals surface area contributed by atoms with Gasteiger partial charge in [-0.15, -0.1) is 0 Å². The van der Waals surface area contributed by atoms with E-state index in [1.165, 1.54) is 6.08 Å². The second-order valence-corrected chi connectivity index (χ2v) is 11.3. The van der Waals surface area contributed by atoms with Crippen LogP contribution in [0.15, 0.2) is 24.8 Å². The van der Waals surface area contributed by atoms with E-state index < -0.39 is 0 Å². The lowest BCUT2D eigenvalue weighted by Crippen LogP contribution is -2.41. The van der Waals surface area contributed by atoms with Gasteiger partial charge in [-0.25, -0.2) is 4.98 Å². The van der Waals surface area contributed by atoms with Crippen molar-refractivity contribution in [1.82, 2.24) is 30.0 Å². The highest BCUT2D eigenvalue weighted by Gasteiger charge is 2.34. The minimum Gasteiger partial charge on any atom is -0.346 e. The van der Waals surface area contributed by atoms with Crippen LogP contribution < -0.4 is 5.32 Å². The third-order valence-electron chi connectivity index (χ3n) is 6.90. The average molecular weight is 531 g/mol. The Morgan fingerprint density at radius 3 is 2.64 bits per heavy atom. The van der Waals surface area contributed by atoms with Crippen molar-refractivity contribution in [2.75, 3.05) is 13.1 Å². The van der Waals surface area contributed by atoms with E-state index >= 15 is 0 Å². The van der Waals surface area contributed by atoms with Gasteiger partial charge >= 0.3 is 0 Å². The Kier molecular flexibility index (Phi) is 7.21. The zero-order chi connectivity index (χ0) is 26.4. The lowest BCUT2D eigenvalue weighted by atomic mass is 9.86. The Labute approximate surface area is 221 Å². The fourth-order valence-corrected chi connectivity index (χ4v) is 5.52. The van der Waals surface area contributed by atoms with E-state index in [1.807, 2.05) is 13.0 Å². The lowest BCUT2D eigenvalue weighted by Gasteiger charge is -2.20. The van der Waals surface area contributed by atoms with Crippen LogP contribution >= 0.6 is 23.2 Å². The third kappa shape index (κ3) is 5.02. The van der Waals surface area contributed by atoms with Gasteiger partial charge in [0.1, 0.15) is 11.5 Å². The van der Waals surface area contributed by atoms with E-state index in [0.29, 0.717) is 42.5 Å². The number of H-pyrrole nitrogens is 1. The number of fused-ring (bicyclic) bond motifs is 1. The Balaban J connectivity index is 1.50. The number of aromatic amines is 1. The molecule has 3 heterocycles. The number of carbonyl (C=O) groups is 2. The molecule has 0 radical (unpaired) electrons. The van der Waals surface area contributed by atoms with E-state index in [4.69, 9.17) is 23.2 Å². The summed E-state index contributed by atoms with van der Waals surface area (Å²) in [5.41, 5.74) is 3.07. The summed E-state index contributed by atoms with van der Waals surface area (Å²) in [4.78, 5) is 31.2. The van der Waals surface area contributed by atoms with Gasteiger partial charge in [-0.1, -0.05) is 57.5 Å². The molecule has 10 heteroatoms. The number of carbonyl (C=O) groups excluding carboxylic acids is 2. The van der Waals surface area contributed by atoms with Crippen molar-refractivity contribution in [2.45, 2.75) is 52.0 Å². The molecule has 2 amide bonds. The van der Waals surface area contributed by atoms with Crippen LogP contribution in [0.5, 0.6) is 0 Å². The Morgan fingerprint density at radius 1 is 1.25 bits per heavy atom. The fraction of sp³-hybridized carbons (Fsp3) is 0.462. The number of benzene rings is 1. The molecule has 0 unspecified atom stereocenters. The van der Waals surface area contributed by atoms with Crippen LogP contribution in [0.1, 0.15) is 55.3 Å². The summed E-state index contributed by atoms with van der Waals surface area (Å²) < 4.78 is 1.74. The molecule has 1 aliphatic rings. The highest BCUT2D eigenvalue weighted by molar-refractivity contribution is 6.32. The minimum absolute atomic E-state index is 0.0951. The zero-order valence-electron chi connectivity index (χ0n) is 21.3. The number of amides is 2. The van der Waals surface area contributed by atoms with Crippen molar-refractivity contribution in [1.29, 1.82) is 0 Å². The molecule has 2 atom stereocenters. The first-order chi connectivity index (χ1) is 16.9. The summed E-state index contributed by atoms with van der Waals surface area (Å²) in [7, 11) is 1.79. The van der Waals surface area contributed by atoms with Crippen LogP contribution in [0, 0.1) is 5.92 Å². The first kappa shape index (κ1) is 26.2. The van der Waals surface area contributed by atoms with E-state index in [2.05, 4.69) is 53.9 Å². The molecule has 1 fully saturated rings. The highest BCUT2D eigenvalue weighted by atomic mass is 35.5. The molecule has 8 nitrogen and oxygen atoms in total. The van der Waals surface area contributed by atoms with Crippen LogP contribution in [-0.2, 0) is 30.1 Å². The van der Waals surface area contributed by atoms with Crippen molar-refractivity contribution in [3.05, 3.63) is 57.7 Å². The molecule has 2 aromatic heterocycles. The van der Waals surface area contributed by atoms with Gasteiger partial charge in [0.15, 0.2) is 5.15 Å². The van der Waals surface area contributed by atoms with Gasteiger partial charge in [-0.05, 0) is 41.5 Å². The monoisotopic (exact) mass is 530 g/mol. The van der Waals surface area contributed by atoms with E-state index in [9.17, 15) is 9.59 Å². The summed E-state index contributed by atoms with van der Waals surface area (Å²) in [5, 5.41) is 12.5. The number of imidazole rings is 1. The first-order valence-corrected chi connectivity index (χ1v) is 12.8. The van der Waals surface area contributed by atoms with Gasteiger partial charge in [0.05, 0.1) is 11.6 Å². The van der Waals surface area contributed by atoms with Crippen LogP contribution in [0.25, 0.3) is 10.9 Å². The number of likely N-dealkylation sites (tertiary alicyclic amines) is 1. The summed E-state index contributed by atoms with van der Waals surface area (Å²) in [6.45, 7) is 12.9. The number of hydrogen-bond donors (Lipinski definition) is 2. The molecule has 3 aromatic rings. The average Bonchev–Trinajstić information content (AvgIpc) is 3.45. The quantitative estimate of drug-likeness (QED) is 0.460. The zero-order valence-corrected chi connectivity index (χ0v) is 22.8. The predicted molar refractivity (Wildman–Crippen MR) is 143 cm³/mol. The van der Waals surface area contributed by atoms with Crippen molar-refractivity contribution < 1.29 is 9.59 Å². The fourth-order valence-electron chi connectivity index (χ4n) is 4.77. The SMILES string of the molecule is C=CC(=O)N1C[C@@H](C)[C@@H](NC(=O)c2c(Cl)nc(CCc3[nH]nc4cc(Cl)c(C(C)(C)C)cc34)n2C)C1. The van der Waals surface area contributed by atoms with Gasteiger partial charge in [0.2, 0.25) is 5.91 Å². The Hall–Kier alpha value is -2.84. The lowest BCUT2D eigenvalue weighted by molar-refractivity contribution is -0.125. The molecule has 1 aliphatic heterocycles. The molecule has 0 bridgehead atoms. The topological polar surface area (TPSA) is 95.9 Å². The number of hydrogen-bond acceptors (Lipinski definition) is 4. The number of aromatic nitrogens is 4. The summed E-state index contributed by atoms with van der Waals surface area (Å²) >= 11 is 12.9. The van der Waals surface area contributed by atoms with Crippen molar-refractivity contribution in [2.24, 2.45) is 13.0 Å². The van der Waals surface area contributed by atoms with Gasteiger partial charge in [0, 0.05) is 42.7 Å². The molecule has 2 N–H and O–H groups in total. The second kappa shape index (κ2) is 9.90. The first-order valence-electron chi connectivity index (χ1n) is 12.0. The normalized spacial score (nSPS) is 18.1. The number of aryl methyl sites for hydroxylation is 2. The van der Waals surface area contributed by atoms with Gasteiger partial charge < -0.3 is 14.8 Å². The summed E-state index contributed by atoms with van der Waals surface area (Å²) in [6.07, 6.45) is 2.50. The van der Waals surface area contributed by atoms with Gasteiger partial charge in [-0.3, -0.25) is 14.7 Å². The summed E-state index contributed by atoms with van der Waals surface area (Å²) in [6, 6.07) is 3.82. The second-order valence-electron chi connectivity index (χ2n) is 10.5. The largest absolute Gasteiger partial charge is 0.346 e. The molecule has 1 aromatic carbocycles. The number of nitrogens with zero attached hydrogens (tertiary/aromatic N) is 4. The van der Waals surface area contributed by atoms with Crippen LogP contribution in [-0.4, -0.2) is 55.6 Å². The van der Waals surface area contributed by atoms with Crippen LogP contribution in [0.2, 0.25) is 10.2 Å². The number of halogens is 2.